The summed E-state index contributed by atoms with van der Waals surface area (Å²) < 4.78 is 12.9. The molecule has 1 aliphatic rings. The third-order valence-electron chi connectivity index (χ3n) is 4.97. The number of carbonyl (C=O) groups excluding carboxylic acids is 2. The number of hydrogen-bond acceptors (Lipinski definition) is 3. The highest BCUT2D eigenvalue weighted by Gasteiger charge is 2.25. The molecule has 0 aliphatic heterocycles. The molecule has 0 heterocycles. The minimum absolute atomic E-state index is 0. The van der Waals surface area contributed by atoms with Gasteiger partial charge in [-0.15, -0.1) is 12.4 Å². The van der Waals surface area contributed by atoms with Gasteiger partial charge < -0.3 is 16.4 Å². The molecule has 2 aromatic rings. The minimum Gasteiger partial charge on any atom is -0.352 e. The van der Waals surface area contributed by atoms with Crippen LogP contribution in [0.3, 0.4) is 0 Å². The monoisotopic (exact) mass is 405 g/mol. The lowest BCUT2D eigenvalue weighted by molar-refractivity contribution is -0.122. The third-order valence-corrected chi connectivity index (χ3v) is 4.97. The Bertz CT molecular complexity index is 796. The van der Waals surface area contributed by atoms with E-state index in [1.807, 2.05) is 12.1 Å². The fraction of sp³-hybridized carbons (Fsp3) is 0.333. The number of anilines is 1. The summed E-state index contributed by atoms with van der Waals surface area (Å²) in [7, 11) is 0. The molecule has 0 bridgehead atoms. The fourth-order valence-electron chi connectivity index (χ4n) is 3.34. The molecule has 28 heavy (non-hydrogen) atoms. The van der Waals surface area contributed by atoms with Crippen LogP contribution in [-0.2, 0) is 11.3 Å². The smallest absolute Gasteiger partial charge is 0.255 e. The Kier molecular flexibility index (Phi) is 7.96. The highest BCUT2D eigenvalue weighted by atomic mass is 35.5. The van der Waals surface area contributed by atoms with E-state index in [1.54, 1.807) is 12.1 Å². The predicted octanol–water partition coefficient (Wildman–Crippen LogP) is 3.63. The number of halogens is 2. The SMILES string of the molecule is Cl.N[C@@H]1CCC[C@H]1CC(=O)NCc1ccc(NC(=O)c2ccc(F)cc2)cc1. The second kappa shape index (κ2) is 10.2. The standard InChI is InChI=1S/C21H24FN3O2.ClH/c22-17-8-6-15(7-9-17)21(27)25-18-10-4-14(5-11-18)13-24-20(26)12-16-2-1-3-19(16)23;/h4-11,16,19H,1-3,12-13,23H2,(H,24,26)(H,25,27);1H/t16-,19+;/m0./s1. The Morgan fingerprint density at radius 3 is 2.32 bits per heavy atom. The van der Waals surface area contributed by atoms with Crippen molar-refractivity contribution in [1.29, 1.82) is 0 Å². The molecule has 2 amide bonds. The second-order valence-electron chi connectivity index (χ2n) is 6.99. The molecule has 150 valence electrons. The lowest BCUT2D eigenvalue weighted by Gasteiger charge is -2.14. The van der Waals surface area contributed by atoms with Crippen LogP contribution >= 0.6 is 12.4 Å². The summed E-state index contributed by atoms with van der Waals surface area (Å²) in [6.07, 6.45) is 3.61. The Labute approximate surface area is 170 Å². The van der Waals surface area contributed by atoms with Crippen LogP contribution in [0.1, 0.15) is 41.6 Å². The Hall–Kier alpha value is -2.44. The van der Waals surface area contributed by atoms with E-state index in [2.05, 4.69) is 10.6 Å². The third kappa shape index (κ3) is 6.04. The number of rotatable bonds is 6. The topological polar surface area (TPSA) is 84.2 Å². The summed E-state index contributed by atoms with van der Waals surface area (Å²) in [5.41, 5.74) is 7.97. The van der Waals surface area contributed by atoms with Gasteiger partial charge in [0, 0.05) is 30.3 Å². The number of nitrogens with one attached hydrogen (secondary N) is 2. The van der Waals surface area contributed by atoms with Crippen molar-refractivity contribution in [2.45, 2.75) is 38.3 Å². The van der Waals surface area contributed by atoms with Gasteiger partial charge in [0.2, 0.25) is 5.91 Å². The van der Waals surface area contributed by atoms with Crippen molar-refractivity contribution in [2.75, 3.05) is 5.32 Å². The largest absolute Gasteiger partial charge is 0.352 e. The van der Waals surface area contributed by atoms with Crippen LogP contribution < -0.4 is 16.4 Å². The van der Waals surface area contributed by atoms with E-state index in [0.29, 0.717) is 24.2 Å². The molecular weight excluding hydrogens is 381 g/mol. The van der Waals surface area contributed by atoms with Gasteiger partial charge in [-0.25, -0.2) is 4.39 Å². The molecule has 4 N–H and O–H groups in total. The zero-order valence-corrected chi connectivity index (χ0v) is 16.3. The van der Waals surface area contributed by atoms with Crippen LogP contribution in [0.15, 0.2) is 48.5 Å². The molecule has 3 rings (SSSR count). The van der Waals surface area contributed by atoms with Gasteiger partial charge in [0.1, 0.15) is 5.82 Å². The number of carbonyl (C=O) groups is 2. The molecule has 0 spiro atoms. The van der Waals surface area contributed by atoms with Gasteiger partial charge in [0.15, 0.2) is 0 Å². The molecule has 1 saturated carbocycles. The van der Waals surface area contributed by atoms with Gasteiger partial charge in [-0.3, -0.25) is 9.59 Å². The molecule has 1 fully saturated rings. The molecule has 0 saturated heterocycles. The van der Waals surface area contributed by atoms with Crippen molar-refractivity contribution >= 4 is 29.9 Å². The molecule has 7 heteroatoms. The van der Waals surface area contributed by atoms with Gasteiger partial charge in [-0.1, -0.05) is 18.6 Å². The number of amides is 2. The van der Waals surface area contributed by atoms with Crippen molar-refractivity contribution < 1.29 is 14.0 Å². The lowest BCUT2D eigenvalue weighted by atomic mass is 10.00. The Morgan fingerprint density at radius 1 is 1.04 bits per heavy atom. The number of nitrogens with two attached hydrogens (primary N) is 1. The summed E-state index contributed by atoms with van der Waals surface area (Å²) in [5.74, 6) is -0.378. The van der Waals surface area contributed by atoms with Crippen LogP contribution in [0, 0.1) is 11.7 Å². The molecule has 1 aliphatic carbocycles. The van der Waals surface area contributed by atoms with E-state index >= 15 is 0 Å². The van der Waals surface area contributed by atoms with Crippen LogP contribution in [0.5, 0.6) is 0 Å². The lowest BCUT2D eigenvalue weighted by Crippen LogP contribution is -2.31. The molecule has 0 radical (unpaired) electrons. The number of hydrogen-bond donors (Lipinski definition) is 3. The van der Waals surface area contributed by atoms with Crippen molar-refractivity contribution in [2.24, 2.45) is 11.7 Å². The quantitative estimate of drug-likeness (QED) is 0.686. The maximum absolute atomic E-state index is 12.9. The van der Waals surface area contributed by atoms with Gasteiger partial charge in [0.05, 0.1) is 0 Å². The average molecular weight is 406 g/mol. The Morgan fingerprint density at radius 2 is 1.71 bits per heavy atom. The van der Waals surface area contributed by atoms with E-state index in [-0.39, 0.29) is 42.0 Å². The first-order chi connectivity index (χ1) is 13.0. The van der Waals surface area contributed by atoms with Gasteiger partial charge >= 0.3 is 0 Å². The summed E-state index contributed by atoms with van der Waals surface area (Å²) in [5, 5.41) is 5.68. The fourth-order valence-corrected chi connectivity index (χ4v) is 3.34. The zero-order valence-electron chi connectivity index (χ0n) is 15.5. The van der Waals surface area contributed by atoms with E-state index in [4.69, 9.17) is 5.73 Å². The summed E-state index contributed by atoms with van der Waals surface area (Å²) in [6, 6.07) is 12.8. The van der Waals surface area contributed by atoms with E-state index in [1.165, 1.54) is 24.3 Å². The molecular formula is C21H25ClFN3O2. The van der Waals surface area contributed by atoms with Crippen molar-refractivity contribution in [3.8, 4) is 0 Å². The van der Waals surface area contributed by atoms with E-state index < -0.39 is 0 Å². The maximum Gasteiger partial charge on any atom is 0.255 e. The van der Waals surface area contributed by atoms with Crippen LogP contribution in [0.2, 0.25) is 0 Å². The van der Waals surface area contributed by atoms with E-state index in [9.17, 15) is 14.0 Å². The second-order valence-corrected chi connectivity index (χ2v) is 6.99. The van der Waals surface area contributed by atoms with Crippen molar-refractivity contribution in [3.63, 3.8) is 0 Å². The minimum atomic E-state index is -0.382. The summed E-state index contributed by atoms with van der Waals surface area (Å²) in [6.45, 7) is 0.437. The highest BCUT2D eigenvalue weighted by molar-refractivity contribution is 6.04. The first kappa shape index (κ1) is 21.9. The molecule has 0 unspecified atom stereocenters. The summed E-state index contributed by atoms with van der Waals surface area (Å²) in [4.78, 5) is 24.2. The molecule has 2 aromatic carbocycles. The van der Waals surface area contributed by atoms with Gasteiger partial charge in [-0.2, -0.15) is 0 Å². The Balaban J connectivity index is 0.00000280. The maximum atomic E-state index is 12.9. The van der Waals surface area contributed by atoms with Gasteiger partial charge in [0.25, 0.3) is 5.91 Å². The normalized spacial score (nSPS) is 18.2. The van der Waals surface area contributed by atoms with Crippen LogP contribution in [0.25, 0.3) is 0 Å². The average Bonchev–Trinajstić information content (AvgIpc) is 3.06. The summed E-state index contributed by atoms with van der Waals surface area (Å²) >= 11 is 0. The predicted molar refractivity (Wildman–Crippen MR) is 110 cm³/mol. The first-order valence-electron chi connectivity index (χ1n) is 9.19. The van der Waals surface area contributed by atoms with Crippen molar-refractivity contribution in [1.82, 2.24) is 5.32 Å². The van der Waals surface area contributed by atoms with Gasteiger partial charge in [-0.05, 0) is 60.7 Å². The van der Waals surface area contributed by atoms with Crippen molar-refractivity contribution in [3.05, 3.63) is 65.5 Å². The molecule has 0 aromatic heterocycles. The highest BCUT2D eigenvalue weighted by Crippen LogP contribution is 2.26. The van der Waals surface area contributed by atoms with E-state index in [0.717, 1.165) is 24.8 Å². The molecule has 2 atom stereocenters. The van der Waals surface area contributed by atoms with Crippen LogP contribution in [0.4, 0.5) is 10.1 Å². The zero-order chi connectivity index (χ0) is 19.2. The molecule has 5 nitrogen and oxygen atoms in total. The van der Waals surface area contributed by atoms with Crippen LogP contribution in [-0.4, -0.2) is 17.9 Å². The number of benzene rings is 2. The first-order valence-corrected chi connectivity index (χ1v) is 9.19.